The minimum atomic E-state index is 0. The Morgan fingerprint density at radius 3 is 0.154 bits per heavy atom. The molecule has 52 heavy (non-hydrogen) atoms. The molecule has 44 heteroatoms. The zero-order chi connectivity index (χ0) is 13.7. The van der Waals surface area contributed by atoms with Crippen LogP contribution in [0.15, 0.2) is 0 Å². The Morgan fingerprint density at radius 1 is 0.135 bits per heavy atom. The van der Waals surface area contributed by atoms with Gasteiger partial charge in [-0.2, -0.15) is 0 Å². The van der Waals surface area contributed by atoms with Crippen molar-refractivity contribution in [3.05, 3.63) is 0 Å². The van der Waals surface area contributed by atoms with Gasteiger partial charge in [0.15, 0.2) is 0 Å². The van der Waals surface area contributed by atoms with Crippen LogP contribution in [0.4, 0.5) is 0 Å². The van der Waals surface area contributed by atoms with Gasteiger partial charge in [0.25, 0.3) is 0 Å². The zero-order valence-corrected chi connectivity index (χ0v) is 42.7. The minimum Gasteiger partial charge on any atom is -2.00 e. The summed E-state index contributed by atoms with van der Waals surface area (Å²) in [5.74, 6) is 0. The van der Waals surface area contributed by atoms with Gasteiger partial charge < -0.3 is 188 Å². The summed E-state index contributed by atoms with van der Waals surface area (Å²) < 4.78 is 0. The van der Waals surface area contributed by atoms with E-state index in [1.807, 2.05) is 0 Å². The van der Waals surface area contributed by atoms with Gasteiger partial charge in [-0.1, -0.05) is 0 Å². The maximum Gasteiger partial charge on any atom is 2.00 e. The predicted octanol–water partition coefficient (Wildman–Crippen LogP) is -7.50. The summed E-state index contributed by atoms with van der Waals surface area (Å²) in [6.07, 6.45) is 0. The second kappa shape index (κ2) is 984. The monoisotopic (exact) mass is 1570 g/mol. The molecule has 0 aliphatic rings. The summed E-state index contributed by atoms with van der Waals surface area (Å²) in [5, 5.41) is 0. The van der Waals surface area contributed by atoms with Gasteiger partial charge in [-0.15, -0.1) is 0 Å². The molecular formula is C8H32Cu2Mo8N8O26-48. The van der Waals surface area contributed by atoms with Crippen molar-refractivity contribution in [2.45, 2.75) is 0 Å². The van der Waals surface area contributed by atoms with Crippen LogP contribution in [0.1, 0.15) is 0 Å². The Morgan fingerprint density at radius 2 is 0.154 bits per heavy atom. The smallest absolute Gasteiger partial charge is 2.00 e. The minimum absolute atomic E-state index is 0. The first kappa shape index (κ1) is 611. The van der Waals surface area contributed by atoms with Crippen molar-refractivity contribution >= 4 is 0 Å². The van der Waals surface area contributed by atoms with Crippen LogP contribution >= 0.6 is 0 Å². The van der Waals surface area contributed by atoms with E-state index >= 15 is 0 Å². The van der Waals surface area contributed by atoms with Crippen molar-refractivity contribution < 1.29 is 345 Å². The van der Waals surface area contributed by atoms with Crippen LogP contribution in [0.3, 0.4) is 0 Å². The van der Waals surface area contributed by atoms with Gasteiger partial charge >= 0.3 is 34.1 Å². The Bertz CT molecular complexity index is 124. The summed E-state index contributed by atoms with van der Waals surface area (Å²) in [5.41, 5.74) is 39.2. The van der Waals surface area contributed by atoms with E-state index in [1.165, 1.54) is 0 Å². The number of hydrogen-bond acceptors (Lipinski definition) is 8. The Balaban J connectivity index is -0.000000000789. The summed E-state index contributed by atoms with van der Waals surface area (Å²) in [7, 11) is 0. The normalized spacial score (nSPS) is 2.31. The first-order valence-corrected chi connectivity index (χ1v) is 5.27. The summed E-state index contributed by atoms with van der Waals surface area (Å²) in [6, 6.07) is 0. The fourth-order valence-electron chi connectivity index (χ4n) is 0. The van der Waals surface area contributed by atoms with E-state index < -0.39 is 0 Å². The second-order valence-corrected chi connectivity index (χ2v) is 2.31. The quantitative estimate of drug-likeness (QED) is 0.125. The molecule has 0 aromatic rings. The molecule has 0 rings (SSSR count). The molecule has 0 aromatic heterocycles. The average Bonchev–Trinajstić information content (AvgIpc) is 2.39. The van der Waals surface area contributed by atoms with Gasteiger partial charge in [-0.3, -0.25) is 0 Å². The molecule has 0 bridgehead atoms. The van der Waals surface area contributed by atoms with Crippen LogP contribution in [-0.4, -0.2) is 52.4 Å². The number of nitrogens with two attached hydrogens (primary N) is 8. The van der Waals surface area contributed by atoms with Gasteiger partial charge in [-0.25, -0.2) is 0 Å². The van der Waals surface area contributed by atoms with E-state index in [1.54, 1.807) is 0 Å². The molecule has 0 heterocycles. The molecule has 0 spiro atoms. The van der Waals surface area contributed by atoms with Crippen molar-refractivity contribution in [3.63, 3.8) is 0 Å². The molecule has 378 valence electrons. The van der Waals surface area contributed by atoms with E-state index in [0.717, 1.165) is 0 Å². The van der Waals surface area contributed by atoms with Gasteiger partial charge in [0, 0.05) is 221 Å². The SMILES string of the molecule is NCCN.NCCN.NCCN.NCCN.[Cu+2].[Cu+2].[Mo].[Mo].[Mo].[Mo].[Mo].[Mo].[Mo].[Mo].[O-2].[O-2].[O-2].[O-2].[O-2].[O-2].[O-2].[O-2].[O-2].[O-2].[O-2].[O-2].[O-2].[O-2].[O-2].[O-2].[O-2].[O-2].[O-2].[O-2].[O-2].[O-2].[O-2].[O-2].[O-2].[O-2]. The molecule has 0 atom stereocenters. The van der Waals surface area contributed by atoms with Crippen LogP contribution in [0.25, 0.3) is 0 Å². The zero-order valence-electron chi connectivity index (χ0n) is 24.8. The first-order chi connectivity index (χ1) is 7.66. The molecule has 0 saturated carbocycles. The van der Waals surface area contributed by atoms with E-state index in [0.29, 0.717) is 52.4 Å². The molecule has 0 unspecified atom stereocenters. The molecule has 0 aromatic carbocycles. The van der Waals surface area contributed by atoms with Crippen molar-refractivity contribution in [3.8, 4) is 0 Å². The Kier molecular flexibility index (Phi) is 11600. The van der Waals surface area contributed by atoms with E-state index in [2.05, 4.69) is 0 Å². The van der Waals surface area contributed by atoms with Crippen molar-refractivity contribution in [2.24, 2.45) is 45.9 Å². The fourth-order valence-corrected chi connectivity index (χ4v) is 0. The molecule has 0 amide bonds. The average molecular weight is 1550 g/mol. The number of hydrogen-bond donors (Lipinski definition) is 8. The molecule has 2 radical (unpaired) electrons. The maximum absolute atomic E-state index is 4.90. The summed E-state index contributed by atoms with van der Waals surface area (Å²) in [6.45, 7) is 4.78. The van der Waals surface area contributed by atoms with Crippen molar-refractivity contribution in [2.75, 3.05) is 52.4 Å². The molecule has 34 nitrogen and oxygen atoms in total. The fraction of sp³-hybridized carbons (Fsp3) is 1.00. The van der Waals surface area contributed by atoms with Gasteiger partial charge in [0.05, 0.1) is 0 Å². The molecule has 0 aliphatic carbocycles. The molecule has 16 N–H and O–H groups in total. The van der Waals surface area contributed by atoms with Crippen LogP contribution in [0.2, 0.25) is 0 Å². The second-order valence-electron chi connectivity index (χ2n) is 2.31. The van der Waals surface area contributed by atoms with E-state index in [-0.39, 0.29) is 345 Å². The van der Waals surface area contributed by atoms with Crippen molar-refractivity contribution in [1.82, 2.24) is 0 Å². The van der Waals surface area contributed by atoms with E-state index in [4.69, 9.17) is 45.9 Å². The standard InChI is InChI=1S/4C2H8N2.2Cu.8Mo.26O/c4*3-1-2-4;;;;;;;;;;;;;;;;;;;;;;;;;;;;;;;;;;;;/h4*1-4H2;;;;;;;;;;;;;;;;;;;;;;;;;;;;;;;;;;;;/q;;;;2*+2;;;;;;;;;26*-2. The Hall–Kier alpha value is 5.19. The van der Waals surface area contributed by atoms with Crippen LogP contribution in [-0.2, 0) is 345 Å². The molecule has 0 fully saturated rings. The summed E-state index contributed by atoms with van der Waals surface area (Å²) in [4.78, 5) is 0. The maximum atomic E-state index is 4.90. The Labute approximate surface area is 438 Å². The summed E-state index contributed by atoms with van der Waals surface area (Å²) >= 11 is 0. The topological polar surface area (TPSA) is 949 Å². The molecule has 0 saturated heterocycles. The van der Waals surface area contributed by atoms with Crippen molar-refractivity contribution in [1.29, 1.82) is 0 Å². The molecule has 0 aliphatic heterocycles. The van der Waals surface area contributed by atoms with Crippen LogP contribution in [0, 0.1) is 0 Å². The van der Waals surface area contributed by atoms with Gasteiger partial charge in [0.1, 0.15) is 0 Å². The van der Waals surface area contributed by atoms with Crippen LogP contribution in [0.5, 0.6) is 0 Å². The van der Waals surface area contributed by atoms with Crippen LogP contribution < -0.4 is 45.9 Å². The molecular weight excluding hydrogens is 1520 g/mol. The first-order valence-electron chi connectivity index (χ1n) is 5.27. The van der Waals surface area contributed by atoms with E-state index in [9.17, 15) is 0 Å². The predicted molar refractivity (Wildman–Crippen MR) is 90.3 cm³/mol. The third kappa shape index (κ3) is 1920. The number of rotatable bonds is 4. The van der Waals surface area contributed by atoms with Gasteiger partial charge in [-0.05, 0) is 0 Å². The van der Waals surface area contributed by atoms with Gasteiger partial charge in [0.2, 0.25) is 0 Å². The third-order valence-corrected chi connectivity index (χ3v) is 0.667. The third-order valence-electron chi connectivity index (χ3n) is 0.667. The largest absolute Gasteiger partial charge is 2.00 e.